The number of rotatable bonds is 3. The summed E-state index contributed by atoms with van der Waals surface area (Å²) in [6.07, 6.45) is 0.186. The smallest absolute Gasteiger partial charge is 0.407 e. The Hall–Kier alpha value is -2.25. The molecule has 1 amide bonds. The Morgan fingerprint density at radius 1 is 1.28 bits per heavy atom. The third-order valence-electron chi connectivity index (χ3n) is 3.95. The van der Waals surface area contributed by atoms with Crippen molar-refractivity contribution in [3.8, 4) is 17.0 Å². The molecule has 0 saturated carbocycles. The summed E-state index contributed by atoms with van der Waals surface area (Å²) in [6, 6.07) is 6.86. The van der Waals surface area contributed by atoms with Crippen LogP contribution in [0.1, 0.15) is 12.8 Å². The standard InChI is InChI=1S/C16H16Cl2N4O3/c17-10-2-1-3-12(14(10)11-8-13(18)21-15(19)20-11)25-9-4-6-22(7-5-9)16(23)24/h1-3,8-9H,4-7H2,(H,23,24)(H2,19,20,21). The first-order valence-corrected chi connectivity index (χ1v) is 8.43. The number of likely N-dealkylation sites (tertiary alicyclic amines) is 1. The van der Waals surface area contributed by atoms with Crippen LogP contribution in [0.15, 0.2) is 24.3 Å². The number of aromatic nitrogens is 2. The number of anilines is 1. The normalized spacial score (nSPS) is 15.2. The van der Waals surface area contributed by atoms with Crippen molar-refractivity contribution in [3.63, 3.8) is 0 Å². The number of benzene rings is 1. The number of nitrogens with zero attached hydrogens (tertiary/aromatic N) is 3. The number of carboxylic acid groups (broad SMARTS) is 1. The summed E-state index contributed by atoms with van der Waals surface area (Å²) in [7, 11) is 0. The van der Waals surface area contributed by atoms with Crippen molar-refractivity contribution in [2.24, 2.45) is 0 Å². The van der Waals surface area contributed by atoms with E-state index in [4.69, 9.17) is 38.8 Å². The van der Waals surface area contributed by atoms with Crippen LogP contribution in [0.3, 0.4) is 0 Å². The van der Waals surface area contributed by atoms with E-state index in [1.807, 2.05) is 0 Å². The first-order chi connectivity index (χ1) is 11.9. The predicted octanol–water partition coefficient (Wildman–Crippen LogP) is 3.55. The molecule has 1 fully saturated rings. The number of nitrogen functional groups attached to an aromatic ring is 1. The van der Waals surface area contributed by atoms with Gasteiger partial charge in [0.25, 0.3) is 0 Å². The summed E-state index contributed by atoms with van der Waals surface area (Å²) >= 11 is 12.3. The fraction of sp³-hybridized carbons (Fsp3) is 0.312. The van der Waals surface area contributed by atoms with E-state index < -0.39 is 6.09 Å². The van der Waals surface area contributed by atoms with Gasteiger partial charge in [-0.1, -0.05) is 29.3 Å². The zero-order chi connectivity index (χ0) is 18.0. The number of hydrogen-bond donors (Lipinski definition) is 2. The van der Waals surface area contributed by atoms with Crippen LogP contribution < -0.4 is 10.5 Å². The van der Waals surface area contributed by atoms with Gasteiger partial charge in [0.2, 0.25) is 5.95 Å². The van der Waals surface area contributed by atoms with Crippen LogP contribution in [0.2, 0.25) is 10.2 Å². The topological polar surface area (TPSA) is 102 Å². The van der Waals surface area contributed by atoms with Crippen LogP contribution in [0, 0.1) is 0 Å². The van der Waals surface area contributed by atoms with Crippen LogP contribution >= 0.6 is 23.2 Å². The van der Waals surface area contributed by atoms with E-state index in [0.717, 1.165) is 0 Å². The number of amides is 1. The quantitative estimate of drug-likeness (QED) is 0.786. The van der Waals surface area contributed by atoms with Gasteiger partial charge < -0.3 is 20.5 Å². The molecule has 0 unspecified atom stereocenters. The molecule has 132 valence electrons. The fourth-order valence-electron chi connectivity index (χ4n) is 2.76. The van der Waals surface area contributed by atoms with Gasteiger partial charge >= 0.3 is 6.09 Å². The van der Waals surface area contributed by atoms with Gasteiger partial charge in [-0.3, -0.25) is 0 Å². The summed E-state index contributed by atoms with van der Waals surface area (Å²) < 4.78 is 6.08. The summed E-state index contributed by atoms with van der Waals surface area (Å²) in [5, 5.41) is 9.69. The largest absolute Gasteiger partial charge is 0.490 e. The number of ether oxygens (including phenoxy) is 1. The third-order valence-corrected chi connectivity index (χ3v) is 4.46. The van der Waals surface area contributed by atoms with Crippen molar-refractivity contribution < 1.29 is 14.6 Å². The third kappa shape index (κ3) is 4.05. The molecule has 0 atom stereocenters. The Balaban J connectivity index is 1.86. The molecule has 25 heavy (non-hydrogen) atoms. The van der Waals surface area contributed by atoms with E-state index >= 15 is 0 Å². The Bertz CT molecular complexity index is 775. The molecule has 0 bridgehead atoms. The minimum Gasteiger partial charge on any atom is -0.490 e. The lowest BCUT2D eigenvalue weighted by Crippen LogP contribution is -2.41. The summed E-state index contributed by atoms with van der Waals surface area (Å²) in [4.78, 5) is 20.4. The Morgan fingerprint density at radius 2 is 2.00 bits per heavy atom. The second-order valence-corrected chi connectivity index (χ2v) is 6.43. The Kier molecular flexibility index (Phi) is 5.15. The first kappa shape index (κ1) is 17.6. The summed E-state index contributed by atoms with van der Waals surface area (Å²) in [6.45, 7) is 0.865. The zero-order valence-electron chi connectivity index (χ0n) is 13.2. The molecule has 0 spiro atoms. The maximum absolute atomic E-state index is 11.0. The molecular formula is C16H16Cl2N4O3. The van der Waals surface area contributed by atoms with Gasteiger partial charge in [-0.05, 0) is 12.1 Å². The molecule has 7 nitrogen and oxygen atoms in total. The lowest BCUT2D eigenvalue weighted by molar-refractivity contribution is 0.0897. The van der Waals surface area contributed by atoms with Crippen molar-refractivity contribution in [2.75, 3.05) is 18.8 Å². The number of hydrogen-bond acceptors (Lipinski definition) is 5. The molecule has 0 radical (unpaired) electrons. The Morgan fingerprint density at radius 3 is 2.64 bits per heavy atom. The van der Waals surface area contributed by atoms with E-state index in [1.54, 1.807) is 24.3 Å². The fourth-order valence-corrected chi connectivity index (χ4v) is 3.21. The van der Waals surface area contributed by atoms with Crippen LogP contribution in [-0.2, 0) is 0 Å². The summed E-state index contributed by atoms with van der Waals surface area (Å²) in [5.74, 6) is 0.596. The molecule has 2 heterocycles. The highest BCUT2D eigenvalue weighted by atomic mass is 35.5. The number of nitrogens with two attached hydrogens (primary N) is 1. The highest BCUT2D eigenvalue weighted by Gasteiger charge is 2.25. The molecule has 3 N–H and O–H groups in total. The van der Waals surface area contributed by atoms with Crippen LogP contribution in [0.25, 0.3) is 11.3 Å². The van der Waals surface area contributed by atoms with Crippen molar-refractivity contribution >= 4 is 35.2 Å². The highest BCUT2D eigenvalue weighted by Crippen LogP contribution is 2.37. The molecule has 3 rings (SSSR count). The molecule has 9 heteroatoms. The first-order valence-electron chi connectivity index (χ1n) is 7.67. The van der Waals surface area contributed by atoms with E-state index in [0.29, 0.717) is 48.0 Å². The summed E-state index contributed by atoms with van der Waals surface area (Å²) in [5.41, 5.74) is 6.73. The minimum absolute atomic E-state index is 0.0446. The van der Waals surface area contributed by atoms with Crippen molar-refractivity contribution in [1.82, 2.24) is 14.9 Å². The number of halogens is 2. The average molecular weight is 383 g/mol. The van der Waals surface area contributed by atoms with Crippen molar-refractivity contribution in [2.45, 2.75) is 18.9 Å². The number of piperidine rings is 1. The molecule has 0 aliphatic carbocycles. The molecule has 2 aromatic rings. The molecule has 1 aromatic heterocycles. The lowest BCUT2D eigenvalue weighted by Gasteiger charge is -2.30. The van der Waals surface area contributed by atoms with Gasteiger partial charge in [0.15, 0.2) is 0 Å². The molecule has 1 aliphatic heterocycles. The molecule has 1 aromatic carbocycles. The van der Waals surface area contributed by atoms with Crippen LogP contribution in [0.4, 0.5) is 10.7 Å². The van der Waals surface area contributed by atoms with Gasteiger partial charge in [0.05, 0.1) is 16.3 Å². The molecule has 1 aliphatic rings. The second kappa shape index (κ2) is 7.33. The monoisotopic (exact) mass is 382 g/mol. The van der Waals surface area contributed by atoms with Crippen molar-refractivity contribution in [1.29, 1.82) is 0 Å². The van der Waals surface area contributed by atoms with Crippen LogP contribution in [-0.4, -0.2) is 45.3 Å². The number of carbonyl (C=O) groups is 1. The highest BCUT2D eigenvalue weighted by molar-refractivity contribution is 6.34. The second-order valence-electron chi connectivity index (χ2n) is 5.63. The van der Waals surface area contributed by atoms with Crippen LogP contribution in [0.5, 0.6) is 5.75 Å². The van der Waals surface area contributed by atoms with E-state index in [1.165, 1.54) is 4.90 Å². The van der Waals surface area contributed by atoms with Gasteiger partial charge in [0, 0.05) is 32.0 Å². The van der Waals surface area contributed by atoms with Gasteiger partial charge in [-0.15, -0.1) is 0 Å². The maximum Gasteiger partial charge on any atom is 0.407 e. The molecule has 1 saturated heterocycles. The Labute approximate surface area is 154 Å². The zero-order valence-corrected chi connectivity index (χ0v) is 14.7. The average Bonchev–Trinajstić information content (AvgIpc) is 2.54. The van der Waals surface area contributed by atoms with Crippen molar-refractivity contribution in [3.05, 3.63) is 34.4 Å². The SMILES string of the molecule is Nc1nc(Cl)cc(-c2c(Cl)cccc2OC2CCN(C(=O)O)CC2)n1. The van der Waals surface area contributed by atoms with Gasteiger partial charge in [0.1, 0.15) is 17.0 Å². The lowest BCUT2D eigenvalue weighted by atomic mass is 10.1. The maximum atomic E-state index is 11.0. The van der Waals surface area contributed by atoms with E-state index in [-0.39, 0.29) is 17.2 Å². The minimum atomic E-state index is -0.909. The molecular weight excluding hydrogens is 367 g/mol. The van der Waals surface area contributed by atoms with Gasteiger partial charge in [-0.2, -0.15) is 0 Å². The van der Waals surface area contributed by atoms with Gasteiger partial charge in [-0.25, -0.2) is 14.8 Å². The predicted molar refractivity (Wildman–Crippen MR) is 95.1 cm³/mol. The van der Waals surface area contributed by atoms with E-state index in [9.17, 15) is 4.79 Å². The van der Waals surface area contributed by atoms with E-state index in [2.05, 4.69) is 9.97 Å².